The minimum absolute atomic E-state index is 0.00688. The second-order valence-corrected chi connectivity index (χ2v) is 9.23. The first-order valence-electron chi connectivity index (χ1n) is 8.95. The lowest BCUT2D eigenvalue weighted by atomic mass is 9.85. The van der Waals surface area contributed by atoms with Crippen LogP contribution in [0.2, 0.25) is 0 Å². The van der Waals surface area contributed by atoms with Crippen LogP contribution in [0.5, 0.6) is 0 Å². The van der Waals surface area contributed by atoms with Crippen LogP contribution < -0.4 is 5.73 Å². The topological polar surface area (TPSA) is 107 Å². The summed E-state index contributed by atoms with van der Waals surface area (Å²) in [6.07, 6.45) is -5.14. The summed E-state index contributed by atoms with van der Waals surface area (Å²) in [4.78, 5) is -0.350. The van der Waals surface area contributed by atoms with Gasteiger partial charge in [-0.2, -0.15) is 17.5 Å². The number of aliphatic hydroxyl groups is 1. The number of hydrogen-bond donors (Lipinski definition) is 3. The summed E-state index contributed by atoms with van der Waals surface area (Å²) in [5.74, 6) is 0. The smallest absolute Gasteiger partial charge is 0.400 e. The van der Waals surface area contributed by atoms with Crippen LogP contribution in [0, 0.1) is 5.41 Å². The van der Waals surface area contributed by atoms with Gasteiger partial charge >= 0.3 is 6.18 Å². The number of benzene rings is 2. The van der Waals surface area contributed by atoms with Gasteiger partial charge in [-0.25, -0.2) is 8.42 Å². The number of alkyl halides is 3. The maximum Gasteiger partial charge on any atom is 0.416 e. The SMILES string of the molecule is CC12c3ccccc3C(C(C=N)=C(N)C1O)N2S(=O)(=O)c1ccc(C(F)(F)F)cc1. The van der Waals surface area contributed by atoms with E-state index in [9.17, 15) is 26.7 Å². The summed E-state index contributed by atoms with van der Waals surface area (Å²) in [7, 11) is -4.37. The van der Waals surface area contributed by atoms with Gasteiger partial charge in [0.2, 0.25) is 10.0 Å². The molecule has 158 valence electrons. The number of rotatable bonds is 3. The Kier molecular flexibility index (Phi) is 4.39. The maximum atomic E-state index is 13.6. The van der Waals surface area contributed by atoms with E-state index in [2.05, 4.69) is 0 Å². The van der Waals surface area contributed by atoms with Crippen LogP contribution in [-0.4, -0.2) is 30.1 Å². The average molecular weight is 437 g/mol. The van der Waals surface area contributed by atoms with Gasteiger partial charge < -0.3 is 16.2 Å². The molecule has 2 heterocycles. The molecule has 4 N–H and O–H groups in total. The molecule has 0 amide bonds. The molecule has 30 heavy (non-hydrogen) atoms. The average Bonchev–Trinajstić information content (AvgIpc) is 2.94. The molecule has 2 aliphatic rings. The fourth-order valence-electron chi connectivity index (χ4n) is 4.37. The van der Waals surface area contributed by atoms with Crippen molar-refractivity contribution in [3.8, 4) is 0 Å². The Labute approximate surface area is 171 Å². The number of sulfonamides is 1. The Morgan fingerprint density at radius 2 is 1.77 bits per heavy atom. The van der Waals surface area contributed by atoms with E-state index < -0.39 is 39.4 Å². The summed E-state index contributed by atoms with van der Waals surface area (Å²) >= 11 is 0. The van der Waals surface area contributed by atoms with Crippen molar-refractivity contribution in [1.82, 2.24) is 4.31 Å². The quantitative estimate of drug-likeness (QED) is 0.642. The summed E-state index contributed by atoms with van der Waals surface area (Å²) < 4.78 is 66.9. The number of halogens is 3. The number of fused-ring (bicyclic) bond motifs is 5. The summed E-state index contributed by atoms with van der Waals surface area (Å²) in [5.41, 5.74) is 4.81. The van der Waals surface area contributed by atoms with Crippen LogP contribution in [0.15, 0.2) is 64.7 Å². The predicted octanol–water partition coefficient (Wildman–Crippen LogP) is 2.90. The second-order valence-electron chi connectivity index (χ2n) is 7.42. The Bertz CT molecular complexity index is 1180. The van der Waals surface area contributed by atoms with Gasteiger partial charge in [-0.15, -0.1) is 0 Å². The number of nitrogens with zero attached hydrogens (tertiary/aromatic N) is 1. The van der Waals surface area contributed by atoms with Gasteiger partial charge in [0.1, 0.15) is 6.10 Å². The van der Waals surface area contributed by atoms with E-state index in [1.54, 1.807) is 24.3 Å². The number of hydrogen-bond acceptors (Lipinski definition) is 5. The Morgan fingerprint density at radius 3 is 2.33 bits per heavy atom. The van der Waals surface area contributed by atoms with Crippen LogP contribution >= 0.6 is 0 Å². The monoisotopic (exact) mass is 437 g/mol. The van der Waals surface area contributed by atoms with Gasteiger partial charge in [-0.05, 0) is 42.3 Å². The summed E-state index contributed by atoms with van der Waals surface area (Å²) in [6, 6.07) is 8.98. The minimum atomic E-state index is -4.60. The van der Waals surface area contributed by atoms with Crippen LogP contribution in [0.3, 0.4) is 0 Å². The van der Waals surface area contributed by atoms with Gasteiger partial charge in [0, 0.05) is 17.5 Å². The number of aliphatic hydroxyl groups excluding tert-OH is 1. The second kappa shape index (κ2) is 6.40. The summed E-state index contributed by atoms with van der Waals surface area (Å²) in [5, 5.41) is 18.7. The molecule has 6 nitrogen and oxygen atoms in total. The lowest BCUT2D eigenvalue weighted by Gasteiger charge is -2.45. The van der Waals surface area contributed by atoms with Crippen molar-refractivity contribution in [2.45, 2.75) is 35.7 Å². The van der Waals surface area contributed by atoms with E-state index in [4.69, 9.17) is 11.1 Å². The minimum Gasteiger partial charge on any atom is -0.400 e. The first-order chi connectivity index (χ1) is 14.0. The van der Waals surface area contributed by atoms with E-state index in [1.165, 1.54) is 6.92 Å². The Balaban J connectivity index is 1.94. The largest absolute Gasteiger partial charge is 0.416 e. The first kappa shape index (κ1) is 20.6. The lowest BCUT2D eigenvalue weighted by Crippen LogP contribution is -2.56. The van der Waals surface area contributed by atoms with Gasteiger partial charge in [0.05, 0.1) is 22.0 Å². The number of nitrogens with one attached hydrogen (secondary N) is 1. The molecule has 0 aliphatic carbocycles. The lowest BCUT2D eigenvalue weighted by molar-refractivity contribution is -0.137. The van der Waals surface area contributed by atoms with Crippen molar-refractivity contribution < 1.29 is 26.7 Å². The fraction of sp³-hybridized carbons (Fsp3) is 0.250. The molecule has 0 fully saturated rings. The van der Waals surface area contributed by atoms with Crippen molar-refractivity contribution in [2.24, 2.45) is 5.73 Å². The predicted molar refractivity (Wildman–Crippen MR) is 103 cm³/mol. The molecule has 0 saturated carbocycles. The molecular weight excluding hydrogens is 419 g/mol. The van der Waals surface area contributed by atoms with E-state index in [-0.39, 0.29) is 16.2 Å². The zero-order valence-electron chi connectivity index (χ0n) is 15.7. The number of nitrogens with two attached hydrogens (primary N) is 1. The fourth-order valence-corrected chi connectivity index (χ4v) is 6.28. The molecule has 2 bridgehead atoms. The molecule has 0 aromatic heterocycles. The third kappa shape index (κ3) is 2.57. The van der Waals surface area contributed by atoms with E-state index in [1.807, 2.05) is 0 Å². The van der Waals surface area contributed by atoms with Gasteiger partial charge in [-0.3, -0.25) is 0 Å². The zero-order chi connectivity index (χ0) is 22.1. The van der Waals surface area contributed by atoms with Crippen LogP contribution in [0.4, 0.5) is 13.2 Å². The molecular formula is C20H18F3N3O3S. The van der Waals surface area contributed by atoms with Crippen molar-refractivity contribution in [3.63, 3.8) is 0 Å². The first-order valence-corrected chi connectivity index (χ1v) is 10.4. The van der Waals surface area contributed by atoms with Crippen molar-refractivity contribution in [1.29, 1.82) is 5.41 Å². The van der Waals surface area contributed by atoms with Crippen molar-refractivity contribution in [2.75, 3.05) is 0 Å². The molecule has 4 rings (SSSR count). The normalized spacial score (nSPS) is 26.6. The molecule has 3 atom stereocenters. The van der Waals surface area contributed by atoms with E-state index in [0.29, 0.717) is 23.3 Å². The standard InChI is InChI=1S/C20H18F3N3O3S/c1-19-15-5-3-2-4-13(15)17(14(10-24)16(25)18(19)27)26(19)30(28,29)12-8-6-11(7-9-12)20(21,22)23/h2-10,17-18,24,27H,25H2,1H3. The summed E-state index contributed by atoms with van der Waals surface area (Å²) in [6.45, 7) is 1.52. The van der Waals surface area contributed by atoms with Crippen LogP contribution in [0.1, 0.15) is 29.7 Å². The van der Waals surface area contributed by atoms with Gasteiger partial charge in [-0.1, -0.05) is 24.3 Å². The maximum absolute atomic E-state index is 13.6. The Morgan fingerprint density at radius 1 is 1.17 bits per heavy atom. The third-order valence-electron chi connectivity index (χ3n) is 5.84. The van der Waals surface area contributed by atoms with Crippen molar-refractivity contribution in [3.05, 3.63) is 76.5 Å². The highest BCUT2D eigenvalue weighted by atomic mass is 32.2. The Hall–Kier alpha value is -2.69. The highest BCUT2D eigenvalue weighted by molar-refractivity contribution is 7.89. The molecule has 3 unspecified atom stereocenters. The van der Waals surface area contributed by atoms with E-state index in [0.717, 1.165) is 22.7 Å². The van der Waals surface area contributed by atoms with Gasteiger partial charge in [0.25, 0.3) is 0 Å². The van der Waals surface area contributed by atoms with Crippen LogP contribution in [0.25, 0.3) is 0 Å². The molecule has 10 heteroatoms. The zero-order valence-corrected chi connectivity index (χ0v) is 16.5. The van der Waals surface area contributed by atoms with Crippen LogP contribution in [-0.2, 0) is 21.7 Å². The highest BCUT2D eigenvalue weighted by Gasteiger charge is 2.61. The van der Waals surface area contributed by atoms with Crippen molar-refractivity contribution >= 4 is 16.2 Å². The molecule has 0 radical (unpaired) electrons. The highest BCUT2D eigenvalue weighted by Crippen LogP contribution is 2.57. The van der Waals surface area contributed by atoms with E-state index >= 15 is 0 Å². The molecule has 2 aliphatic heterocycles. The van der Waals surface area contributed by atoms with Gasteiger partial charge in [0.15, 0.2) is 0 Å². The molecule has 0 spiro atoms. The third-order valence-corrected chi connectivity index (χ3v) is 7.82. The molecule has 2 aromatic rings. The molecule has 2 aromatic carbocycles. The molecule has 0 saturated heterocycles.